The lowest BCUT2D eigenvalue weighted by Gasteiger charge is -2.23. The number of anilines is 2. The number of aromatic nitrogens is 1. The standard InChI is InChI=1S/C15H16N4O/c16-10-14-13(17)6-7-15(18-14)19(8-9-20)11-12-4-2-1-3-5-12/h1-7,20H,8-9,11,17H2. The predicted molar refractivity (Wildman–Crippen MR) is 77.9 cm³/mol. The zero-order valence-electron chi connectivity index (χ0n) is 11.0. The molecular formula is C15H16N4O. The molecule has 1 heterocycles. The Morgan fingerprint density at radius 2 is 1.95 bits per heavy atom. The number of nitrogens with two attached hydrogens (primary N) is 1. The largest absolute Gasteiger partial charge is 0.396 e. The fourth-order valence-electron chi connectivity index (χ4n) is 1.92. The Morgan fingerprint density at radius 1 is 1.20 bits per heavy atom. The Hall–Kier alpha value is -2.58. The topological polar surface area (TPSA) is 86.2 Å². The van der Waals surface area contributed by atoms with Crippen molar-refractivity contribution in [2.75, 3.05) is 23.8 Å². The maximum atomic E-state index is 9.20. The van der Waals surface area contributed by atoms with Gasteiger partial charge in [-0.25, -0.2) is 4.98 Å². The lowest BCUT2D eigenvalue weighted by molar-refractivity contribution is 0.301. The average molecular weight is 268 g/mol. The van der Waals surface area contributed by atoms with Crippen LogP contribution in [0.4, 0.5) is 11.5 Å². The molecule has 0 aliphatic heterocycles. The molecule has 0 aliphatic carbocycles. The van der Waals surface area contributed by atoms with E-state index in [9.17, 15) is 5.11 Å². The molecule has 102 valence electrons. The summed E-state index contributed by atoms with van der Waals surface area (Å²) in [4.78, 5) is 6.15. The number of aliphatic hydroxyl groups is 1. The monoisotopic (exact) mass is 268 g/mol. The van der Waals surface area contributed by atoms with Crippen molar-refractivity contribution in [3.05, 3.63) is 53.7 Å². The lowest BCUT2D eigenvalue weighted by atomic mass is 10.2. The number of nitrogens with zero attached hydrogens (tertiary/aromatic N) is 3. The Balaban J connectivity index is 2.27. The van der Waals surface area contributed by atoms with Gasteiger partial charge in [0.25, 0.3) is 0 Å². The van der Waals surface area contributed by atoms with Gasteiger partial charge in [-0.3, -0.25) is 0 Å². The summed E-state index contributed by atoms with van der Waals surface area (Å²) >= 11 is 0. The van der Waals surface area contributed by atoms with Crippen LogP contribution in [-0.4, -0.2) is 23.2 Å². The molecule has 0 radical (unpaired) electrons. The molecule has 0 spiro atoms. The van der Waals surface area contributed by atoms with E-state index in [0.29, 0.717) is 24.6 Å². The van der Waals surface area contributed by atoms with E-state index >= 15 is 0 Å². The molecule has 0 saturated heterocycles. The number of benzene rings is 1. The fraction of sp³-hybridized carbons (Fsp3) is 0.200. The van der Waals surface area contributed by atoms with Crippen molar-refractivity contribution in [2.24, 2.45) is 0 Å². The number of nitriles is 1. The van der Waals surface area contributed by atoms with Crippen molar-refractivity contribution in [2.45, 2.75) is 6.54 Å². The van der Waals surface area contributed by atoms with E-state index in [1.54, 1.807) is 12.1 Å². The van der Waals surface area contributed by atoms with Gasteiger partial charge in [-0.1, -0.05) is 30.3 Å². The van der Waals surface area contributed by atoms with Crippen LogP contribution in [0.3, 0.4) is 0 Å². The van der Waals surface area contributed by atoms with Crippen molar-refractivity contribution in [1.29, 1.82) is 5.26 Å². The molecule has 5 nitrogen and oxygen atoms in total. The molecule has 20 heavy (non-hydrogen) atoms. The molecule has 0 aliphatic rings. The molecule has 0 atom stereocenters. The highest BCUT2D eigenvalue weighted by Crippen LogP contribution is 2.18. The molecule has 1 aromatic heterocycles. The number of hydrogen-bond acceptors (Lipinski definition) is 5. The summed E-state index contributed by atoms with van der Waals surface area (Å²) < 4.78 is 0. The van der Waals surface area contributed by atoms with Gasteiger partial charge in [-0.2, -0.15) is 5.26 Å². The Labute approximate surface area is 117 Å². The second-order valence-electron chi connectivity index (χ2n) is 4.35. The number of pyridine rings is 1. The van der Waals surface area contributed by atoms with Gasteiger partial charge < -0.3 is 15.7 Å². The molecule has 0 unspecified atom stereocenters. The summed E-state index contributed by atoms with van der Waals surface area (Å²) in [7, 11) is 0. The maximum Gasteiger partial charge on any atom is 0.165 e. The van der Waals surface area contributed by atoms with E-state index in [4.69, 9.17) is 11.0 Å². The van der Waals surface area contributed by atoms with Crippen molar-refractivity contribution in [3.8, 4) is 6.07 Å². The molecule has 3 N–H and O–H groups in total. The smallest absolute Gasteiger partial charge is 0.165 e. The minimum Gasteiger partial charge on any atom is -0.396 e. The van der Waals surface area contributed by atoms with Crippen molar-refractivity contribution in [1.82, 2.24) is 4.98 Å². The number of nitrogen functional groups attached to an aromatic ring is 1. The van der Waals surface area contributed by atoms with Crippen LogP contribution in [0.2, 0.25) is 0 Å². The van der Waals surface area contributed by atoms with E-state index in [-0.39, 0.29) is 12.3 Å². The fourth-order valence-corrected chi connectivity index (χ4v) is 1.92. The summed E-state index contributed by atoms with van der Waals surface area (Å²) in [5, 5.41) is 18.2. The van der Waals surface area contributed by atoms with Crippen LogP contribution in [0.1, 0.15) is 11.3 Å². The third-order valence-corrected chi connectivity index (χ3v) is 2.93. The second kappa shape index (κ2) is 6.55. The Kier molecular flexibility index (Phi) is 4.53. The number of aliphatic hydroxyl groups excluding tert-OH is 1. The Morgan fingerprint density at radius 3 is 2.60 bits per heavy atom. The van der Waals surface area contributed by atoms with E-state index < -0.39 is 0 Å². The first kappa shape index (κ1) is 13.8. The minimum atomic E-state index is 0.0147. The first-order valence-corrected chi connectivity index (χ1v) is 6.31. The van der Waals surface area contributed by atoms with Gasteiger partial charge in [0.15, 0.2) is 5.69 Å². The molecule has 5 heteroatoms. The van der Waals surface area contributed by atoms with Gasteiger partial charge >= 0.3 is 0 Å². The second-order valence-corrected chi connectivity index (χ2v) is 4.35. The zero-order chi connectivity index (χ0) is 14.4. The summed E-state index contributed by atoms with van der Waals surface area (Å²) in [5.74, 6) is 0.633. The van der Waals surface area contributed by atoms with Gasteiger partial charge in [0.1, 0.15) is 11.9 Å². The first-order chi connectivity index (χ1) is 9.74. The van der Waals surface area contributed by atoms with Crippen LogP contribution < -0.4 is 10.6 Å². The Bertz CT molecular complexity index is 607. The van der Waals surface area contributed by atoms with E-state index in [1.165, 1.54) is 0 Å². The summed E-state index contributed by atoms with van der Waals surface area (Å²) in [6, 6.07) is 15.3. The molecule has 0 saturated carbocycles. The van der Waals surface area contributed by atoms with Crippen LogP contribution in [-0.2, 0) is 6.54 Å². The van der Waals surface area contributed by atoms with E-state index in [2.05, 4.69) is 4.98 Å². The number of rotatable bonds is 5. The summed E-state index contributed by atoms with van der Waals surface area (Å²) in [5.41, 5.74) is 7.35. The predicted octanol–water partition coefficient (Wildman–Crippen LogP) is 1.53. The average Bonchev–Trinajstić information content (AvgIpc) is 2.48. The normalized spacial score (nSPS) is 10.0. The van der Waals surface area contributed by atoms with Crippen molar-refractivity contribution in [3.63, 3.8) is 0 Å². The molecule has 0 fully saturated rings. The van der Waals surface area contributed by atoms with Gasteiger partial charge in [-0.05, 0) is 17.7 Å². The minimum absolute atomic E-state index is 0.0147. The van der Waals surface area contributed by atoms with E-state index in [0.717, 1.165) is 5.56 Å². The van der Waals surface area contributed by atoms with Crippen LogP contribution in [0.25, 0.3) is 0 Å². The van der Waals surface area contributed by atoms with Crippen LogP contribution >= 0.6 is 0 Å². The third kappa shape index (κ3) is 3.25. The van der Waals surface area contributed by atoms with Crippen LogP contribution in [0.15, 0.2) is 42.5 Å². The summed E-state index contributed by atoms with van der Waals surface area (Å²) in [6.07, 6.45) is 0. The highest BCUT2D eigenvalue weighted by atomic mass is 16.3. The quantitative estimate of drug-likeness (QED) is 0.859. The lowest BCUT2D eigenvalue weighted by Crippen LogP contribution is -2.27. The molecule has 0 bridgehead atoms. The van der Waals surface area contributed by atoms with E-state index in [1.807, 2.05) is 41.3 Å². The maximum absolute atomic E-state index is 9.20. The highest BCUT2D eigenvalue weighted by molar-refractivity contribution is 5.55. The zero-order valence-corrected chi connectivity index (χ0v) is 11.0. The van der Waals surface area contributed by atoms with Gasteiger partial charge in [0.05, 0.1) is 12.3 Å². The summed E-state index contributed by atoms with van der Waals surface area (Å²) in [6.45, 7) is 1.07. The molecule has 1 aromatic carbocycles. The van der Waals surface area contributed by atoms with Crippen molar-refractivity contribution >= 4 is 11.5 Å². The third-order valence-electron chi connectivity index (χ3n) is 2.93. The van der Waals surface area contributed by atoms with Crippen molar-refractivity contribution < 1.29 is 5.11 Å². The SMILES string of the molecule is N#Cc1nc(N(CCO)Cc2ccccc2)ccc1N. The van der Waals surface area contributed by atoms with Gasteiger partial charge in [-0.15, -0.1) is 0 Å². The molecule has 2 rings (SSSR count). The highest BCUT2D eigenvalue weighted by Gasteiger charge is 2.10. The van der Waals surface area contributed by atoms with Gasteiger partial charge in [0, 0.05) is 13.1 Å². The molecule has 2 aromatic rings. The first-order valence-electron chi connectivity index (χ1n) is 6.31. The van der Waals surface area contributed by atoms with Crippen LogP contribution in [0, 0.1) is 11.3 Å². The molecular weight excluding hydrogens is 252 g/mol. The molecule has 0 amide bonds. The van der Waals surface area contributed by atoms with Gasteiger partial charge in [0.2, 0.25) is 0 Å². The van der Waals surface area contributed by atoms with Crippen LogP contribution in [0.5, 0.6) is 0 Å². The number of hydrogen-bond donors (Lipinski definition) is 2.